The molecule has 4 atom stereocenters. The molecule has 0 radical (unpaired) electrons. The van der Waals surface area contributed by atoms with Gasteiger partial charge in [-0.1, -0.05) is 36.8 Å². The SMILES string of the molecule is CN=C(NC1CCCC(C(F)(F)F)C1)NC1CC1c1ccccc1. The van der Waals surface area contributed by atoms with Crippen molar-refractivity contribution in [2.45, 2.75) is 56.3 Å². The molecular formula is C18H24F3N3. The van der Waals surface area contributed by atoms with Crippen molar-refractivity contribution in [1.82, 2.24) is 10.6 Å². The van der Waals surface area contributed by atoms with Crippen molar-refractivity contribution in [3.63, 3.8) is 0 Å². The first-order valence-electron chi connectivity index (χ1n) is 8.59. The summed E-state index contributed by atoms with van der Waals surface area (Å²) < 4.78 is 38.8. The van der Waals surface area contributed by atoms with Crippen LogP contribution in [0.25, 0.3) is 0 Å². The minimum absolute atomic E-state index is 0.136. The number of benzene rings is 1. The third kappa shape index (κ3) is 4.22. The molecule has 3 nitrogen and oxygen atoms in total. The van der Waals surface area contributed by atoms with Gasteiger partial charge in [0.15, 0.2) is 5.96 Å². The summed E-state index contributed by atoms with van der Waals surface area (Å²) in [6, 6.07) is 10.4. The van der Waals surface area contributed by atoms with Crippen LogP contribution in [0, 0.1) is 5.92 Å². The molecule has 2 N–H and O–H groups in total. The van der Waals surface area contributed by atoms with Gasteiger partial charge in [-0.25, -0.2) is 0 Å². The minimum atomic E-state index is -4.09. The predicted octanol–water partition coefficient (Wildman–Crippen LogP) is 3.83. The molecule has 4 unspecified atom stereocenters. The Morgan fingerprint density at radius 3 is 2.50 bits per heavy atom. The Bertz CT molecular complexity index is 571. The van der Waals surface area contributed by atoms with Gasteiger partial charge in [0.05, 0.1) is 5.92 Å². The molecule has 0 spiro atoms. The third-order valence-corrected chi connectivity index (χ3v) is 5.04. The Morgan fingerprint density at radius 2 is 1.83 bits per heavy atom. The molecule has 3 rings (SSSR count). The van der Waals surface area contributed by atoms with Crippen LogP contribution in [-0.2, 0) is 0 Å². The smallest absolute Gasteiger partial charge is 0.354 e. The van der Waals surface area contributed by atoms with Crippen LogP contribution in [-0.4, -0.2) is 31.3 Å². The van der Waals surface area contributed by atoms with Gasteiger partial charge in [-0.05, 0) is 31.2 Å². The lowest BCUT2D eigenvalue weighted by Gasteiger charge is -2.32. The first-order valence-corrected chi connectivity index (χ1v) is 8.59. The van der Waals surface area contributed by atoms with Crippen molar-refractivity contribution in [3.8, 4) is 0 Å². The van der Waals surface area contributed by atoms with Gasteiger partial charge in [-0.2, -0.15) is 13.2 Å². The van der Waals surface area contributed by atoms with Crippen LogP contribution >= 0.6 is 0 Å². The maximum absolute atomic E-state index is 12.9. The van der Waals surface area contributed by atoms with Crippen LogP contribution in [0.4, 0.5) is 13.2 Å². The average Bonchev–Trinajstić information content (AvgIpc) is 3.34. The van der Waals surface area contributed by atoms with E-state index >= 15 is 0 Å². The van der Waals surface area contributed by atoms with Gasteiger partial charge >= 0.3 is 6.18 Å². The summed E-state index contributed by atoms with van der Waals surface area (Å²) in [6.07, 6.45) is -1.31. The van der Waals surface area contributed by atoms with E-state index in [1.165, 1.54) is 5.56 Å². The third-order valence-electron chi connectivity index (χ3n) is 5.04. The van der Waals surface area contributed by atoms with Crippen molar-refractivity contribution in [2.75, 3.05) is 7.05 Å². The second-order valence-corrected chi connectivity index (χ2v) is 6.82. The van der Waals surface area contributed by atoms with Crippen molar-refractivity contribution in [3.05, 3.63) is 35.9 Å². The Labute approximate surface area is 140 Å². The number of nitrogens with zero attached hydrogens (tertiary/aromatic N) is 1. The second kappa shape index (κ2) is 7.03. The van der Waals surface area contributed by atoms with Crippen LogP contribution in [0.5, 0.6) is 0 Å². The van der Waals surface area contributed by atoms with Crippen LogP contribution < -0.4 is 10.6 Å². The van der Waals surface area contributed by atoms with E-state index in [4.69, 9.17) is 0 Å². The molecule has 0 aliphatic heterocycles. The Morgan fingerprint density at radius 1 is 1.08 bits per heavy atom. The largest absolute Gasteiger partial charge is 0.391 e. The van der Waals surface area contributed by atoms with E-state index in [1.807, 2.05) is 18.2 Å². The summed E-state index contributed by atoms with van der Waals surface area (Å²) in [7, 11) is 1.67. The van der Waals surface area contributed by atoms with Gasteiger partial charge in [-0.15, -0.1) is 0 Å². The van der Waals surface area contributed by atoms with Crippen LogP contribution in [0.1, 0.15) is 43.6 Å². The minimum Gasteiger partial charge on any atom is -0.354 e. The summed E-state index contributed by atoms with van der Waals surface area (Å²) in [4.78, 5) is 4.19. The summed E-state index contributed by atoms with van der Waals surface area (Å²) in [5, 5.41) is 6.54. The second-order valence-electron chi connectivity index (χ2n) is 6.82. The van der Waals surface area contributed by atoms with Crippen molar-refractivity contribution < 1.29 is 13.2 Å². The summed E-state index contributed by atoms with van der Waals surface area (Å²) >= 11 is 0. The normalized spacial score (nSPS) is 30.8. The maximum atomic E-state index is 12.9. The zero-order chi connectivity index (χ0) is 17.2. The topological polar surface area (TPSA) is 36.4 Å². The molecule has 2 aliphatic rings. The highest BCUT2D eigenvalue weighted by molar-refractivity contribution is 5.80. The molecule has 2 fully saturated rings. The standard InChI is InChI=1S/C18H24F3N3/c1-22-17(23-14-9-5-8-13(10-14)18(19,20)21)24-16-11-15(16)12-6-3-2-4-7-12/h2-4,6-7,13-16H,5,8-11H2,1H3,(H2,22,23,24). The molecule has 0 bridgehead atoms. The number of halogens is 3. The number of hydrogen-bond acceptors (Lipinski definition) is 1. The van der Waals surface area contributed by atoms with E-state index in [1.54, 1.807) is 7.05 Å². The first kappa shape index (κ1) is 17.1. The van der Waals surface area contributed by atoms with Crippen molar-refractivity contribution in [1.29, 1.82) is 0 Å². The van der Waals surface area contributed by atoms with Crippen LogP contribution in [0.3, 0.4) is 0 Å². The van der Waals surface area contributed by atoms with Crippen LogP contribution in [0.2, 0.25) is 0 Å². The molecule has 2 saturated carbocycles. The number of alkyl halides is 3. The van der Waals surface area contributed by atoms with E-state index in [0.29, 0.717) is 24.3 Å². The molecule has 132 valence electrons. The maximum Gasteiger partial charge on any atom is 0.391 e. The zero-order valence-corrected chi connectivity index (χ0v) is 13.8. The number of aliphatic imine (C=N–C) groups is 1. The summed E-state index contributed by atoms with van der Waals surface area (Å²) in [5.41, 5.74) is 1.29. The number of guanidine groups is 1. The summed E-state index contributed by atoms with van der Waals surface area (Å²) in [5.74, 6) is -0.120. The Hall–Kier alpha value is -1.72. The van der Waals surface area contributed by atoms with Crippen LogP contribution in [0.15, 0.2) is 35.3 Å². The summed E-state index contributed by atoms with van der Waals surface area (Å²) in [6.45, 7) is 0. The molecule has 0 saturated heterocycles. The lowest BCUT2D eigenvalue weighted by Crippen LogP contribution is -2.47. The fourth-order valence-corrected chi connectivity index (χ4v) is 3.58. The Balaban J connectivity index is 1.51. The van der Waals surface area contributed by atoms with Gasteiger partial charge in [-0.3, -0.25) is 4.99 Å². The van der Waals surface area contributed by atoms with Crippen molar-refractivity contribution >= 4 is 5.96 Å². The van der Waals surface area contributed by atoms with E-state index in [2.05, 4.69) is 27.8 Å². The lowest BCUT2D eigenvalue weighted by atomic mass is 9.85. The molecule has 0 amide bonds. The molecular weight excluding hydrogens is 315 g/mol. The quantitative estimate of drug-likeness (QED) is 0.649. The van der Waals surface area contributed by atoms with Gasteiger partial charge < -0.3 is 10.6 Å². The molecule has 1 aromatic rings. The van der Waals surface area contributed by atoms with E-state index in [9.17, 15) is 13.2 Å². The lowest BCUT2D eigenvalue weighted by molar-refractivity contribution is -0.183. The van der Waals surface area contributed by atoms with E-state index < -0.39 is 12.1 Å². The zero-order valence-electron chi connectivity index (χ0n) is 13.8. The predicted molar refractivity (Wildman–Crippen MR) is 89.0 cm³/mol. The van der Waals surface area contributed by atoms with E-state index in [0.717, 1.165) is 12.8 Å². The average molecular weight is 339 g/mol. The molecule has 6 heteroatoms. The highest BCUT2D eigenvalue weighted by atomic mass is 19.4. The Kier molecular flexibility index (Phi) is 5.01. The van der Waals surface area contributed by atoms with Crippen molar-refractivity contribution in [2.24, 2.45) is 10.9 Å². The highest BCUT2D eigenvalue weighted by Gasteiger charge is 2.43. The molecule has 1 aromatic carbocycles. The van der Waals surface area contributed by atoms with E-state index in [-0.39, 0.29) is 18.9 Å². The molecule has 0 heterocycles. The van der Waals surface area contributed by atoms with Gasteiger partial charge in [0.2, 0.25) is 0 Å². The molecule has 24 heavy (non-hydrogen) atoms. The fraction of sp³-hybridized carbons (Fsp3) is 0.611. The number of nitrogens with one attached hydrogen (secondary N) is 2. The highest BCUT2D eigenvalue weighted by Crippen LogP contribution is 2.41. The number of hydrogen-bond donors (Lipinski definition) is 2. The first-order chi connectivity index (χ1) is 11.5. The van der Waals surface area contributed by atoms with Gasteiger partial charge in [0.25, 0.3) is 0 Å². The fourth-order valence-electron chi connectivity index (χ4n) is 3.58. The molecule has 0 aromatic heterocycles. The monoisotopic (exact) mass is 339 g/mol. The number of rotatable bonds is 3. The van der Waals surface area contributed by atoms with Gasteiger partial charge in [0, 0.05) is 25.0 Å². The molecule has 2 aliphatic carbocycles. The van der Waals surface area contributed by atoms with Gasteiger partial charge in [0.1, 0.15) is 0 Å².